The van der Waals surface area contributed by atoms with Crippen molar-refractivity contribution >= 4 is 16.1 Å². The molecule has 1 saturated carbocycles. The third-order valence-corrected chi connectivity index (χ3v) is 9.14. The maximum Gasteiger partial charge on any atom is 0.282 e. The van der Waals surface area contributed by atoms with Crippen molar-refractivity contribution < 1.29 is 13.2 Å². The molecule has 0 radical (unpaired) electrons. The molecule has 172 valence electrons. The van der Waals surface area contributed by atoms with Crippen molar-refractivity contribution in [2.24, 2.45) is 0 Å². The molecule has 0 N–H and O–H groups in total. The van der Waals surface area contributed by atoms with Gasteiger partial charge in [0.2, 0.25) is 5.91 Å². The quantitative estimate of drug-likeness (QED) is 0.703. The average molecular weight is 449 g/mol. The van der Waals surface area contributed by atoms with Gasteiger partial charge in [0.05, 0.1) is 5.41 Å². The monoisotopic (exact) mass is 448 g/mol. The summed E-state index contributed by atoms with van der Waals surface area (Å²) in [5.74, 6) is 0.160. The molecule has 8 heteroatoms. The Morgan fingerprint density at radius 3 is 1.77 bits per heavy atom. The van der Waals surface area contributed by atoms with E-state index < -0.39 is 15.6 Å². The van der Waals surface area contributed by atoms with Crippen molar-refractivity contribution in [3.63, 3.8) is 0 Å². The summed E-state index contributed by atoms with van der Waals surface area (Å²) in [5, 5.41) is 0. The third kappa shape index (κ3) is 4.40. The molecule has 7 nitrogen and oxygen atoms in total. The van der Waals surface area contributed by atoms with E-state index >= 15 is 0 Å². The molecular formula is C23H36N4O3S. The number of hydrogen-bond donors (Lipinski definition) is 0. The SMILES string of the molecule is CN1CCN(S(=O)(=O)N2CCN(C(=O)C3(c4ccc(C(C)(C)C)cc4)CC3)CC2)CC1. The van der Waals surface area contributed by atoms with Gasteiger partial charge in [0.25, 0.3) is 10.2 Å². The van der Waals surface area contributed by atoms with Gasteiger partial charge in [-0.3, -0.25) is 4.79 Å². The smallest absolute Gasteiger partial charge is 0.282 e. The predicted molar refractivity (Wildman–Crippen MR) is 122 cm³/mol. The van der Waals surface area contributed by atoms with Gasteiger partial charge in [0, 0.05) is 52.4 Å². The standard InChI is InChI=1S/C23H36N4O3S/c1-22(2,3)19-5-7-20(8-6-19)23(9-10-23)21(28)25-13-17-27(18-14-25)31(29,30)26-15-11-24(4)12-16-26/h5-8H,9-18H2,1-4H3. The normalized spacial score (nSPS) is 23.7. The van der Waals surface area contributed by atoms with Crippen LogP contribution in [-0.4, -0.2) is 92.1 Å². The summed E-state index contributed by atoms with van der Waals surface area (Å²) in [6.07, 6.45) is 1.75. The Morgan fingerprint density at radius 2 is 1.32 bits per heavy atom. The fourth-order valence-corrected chi connectivity index (χ4v) is 6.22. The minimum absolute atomic E-state index is 0.0881. The van der Waals surface area contributed by atoms with Crippen LogP contribution in [0.3, 0.4) is 0 Å². The van der Waals surface area contributed by atoms with E-state index in [2.05, 4.69) is 49.9 Å². The van der Waals surface area contributed by atoms with Crippen LogP contribution < -0.4 is 0 Å². The minimum Gasteiger partial charge on any atom is -0.339 e. The van der Waals surface area contributed by atoms with E-state index in [0.29, 0.717) is 39.3 Å². The largest absolute Gasteiger partial charge is 0.339 e. The Kier molecular flexibility index (Phi) is 5.96. The molecule has 0 spiro atoms. The first-order valence-corrected chi connectivity index (χ1v) is 12.8. The Morgan fingerprint density at radius 1 is 0.839 bits per heavy atom. The highest BCUT2D eigenvalue weighted by Crippen LogP contribution is 2.50. The van der Waals surface area contributed by atoms with Gasteiger partial charge in [-0.15, -0.1) is 0 Å². The lowest BCUT2D eigenvalue weighted by atomic mass is 9.84. The van der Waals surface area contributed by atoms with Crippen LogP contribution >= 0.6 is 0 Å². The molecule has 3 aliphatic rings. The zero-order valence-corrected chi connectivity index (χ0v) is 20.1. The van der Waals surface area contributed by atoms with E-state index in [1.165, 1.54) is 5.56 Å². The lowest BCUT2D eigenvalue weighted by Crippen LogP contribution is -2.58. The van der Waals surface area contributed by atoms with E-state index in [0.717, 1.165) is 31.5 Å². The Balaban J connectivity index is 1.39. The van der Waals surface area contributed by atoms with Crippen molar-refractivity contribution in [2.45, 2.75) is 44.4 Å². The van der Waals surface area contributed by atoms with E-state index in [4.69, 9.17) is 0 Å². The zero-order chi connectivity index (χ0) is 22.4. The highest BCUT2D eigenvalue weighted by atomic mass is 32.2. The Bertz CT molecular complexity index is 903. The van der Waals surface area contributed by atoms with E-state index in [9.17, 15) is 13.2 Å². The van der Waals surface area contributed by atoms with Gasteiger partial charge in [-0.25, -0.2) is 0 Å². The maximum absolute atomic E-state index is 13.4. The van der Waals surface area contributed by atoms with Crippen LogP contribution in [0, 0.1) is 0 Å². The lowest BCUT2D eigenvalue weighted by Gasteiger charge is -2.40. The van der Waals surface area contributed by atoms with Crippen LogP contribution in [0.1, 0.15) is 44.7 Å². The van der Waals surface area contributed by atoms with Crippen LogP contribution in [-0.2, 0) is 25.8 Å². The minimum atomic E-state index is -3.45. The second-order valence-corrected chi connectivity index (χ2v) is 12.2. The predicted octanol–water partition coefficient (Wildman–Crippen LogP) is 1.65. The van der Waals surface area contributed by atoms with Crippen molar-refractivity contribution in [3.05, 3.63) is 35.4 Å². The number of hydrogen-bond acceptors (Lipinski definition) is 4. The molecule has 4 rings (SSSR count). The number of rotatable bonds is 4. The molecule has 31 heavy (non-hydrogen) atoms. The molecule has 0 atom stereocenters. The molecule has 2 heterocycles. The molecule has 0 unspecified atom stereocenters. The molecule has 0 aromatic heterocycles. The van der Waals surface area contributed by atoms with Crippen LogP contribution in [0.25, 0.3) is 0 Å². The third-order valence-electron chi connectivity index (χ3n) is 7.10. The summed E-state index contributed by atoms with van der Waals surface area (Å²) < 4.78 is 29.1. The van der Waals surface area contributed by atoms with Crippen molar-refractivity contribution in [2.75, 3.05) is 59.4 Å². The van der Waals surface area contributed by atoms with Crippen LogP contribution in [0.5, 0.6) is 0 Å². The van der Waals surface area contributed by atoms with Crippen LogP contribution in [0.15, 0.2) is 24.3 Å². The summed E-state index contributed by atoms with van der Waals surface area (Å²) in [5.41, 5.74) is 2.04. The second kappa shape index (κ2) is 8.14. The first kappa shape index (κ1) is 22.7. The van der Waals surface area contributed by atoms with Gasteiger partial charge in [-0.1, -0.05) is 45.0 Å². The molecule has 2 saturated heterocycles. The lowest BCUT2D eigenvalue weighted by molar-refractivity contribution is -0.135. The van der Waals surface area contributed by atoms with Gasteiger partial charge in [-0.05, 0) is 36.4 Å². The molecule has 1 aromatic carbocycles. The fourth-order valence-electron chi connectivity index (χ4n) is 4.65. The summed E-state index contributed by atoms with van der Waals surface area (Å²) in [6.45, 7) is 10.8. The topological polar surface area (TPSA) is 64.2 Å². The van der Waals surface area contributed by atoms with Crippen LogP contribution in [0.2, 0.25) is 0 Å². The van der Waals surface area contributed by atoms with E-state index in [-0.39, 0.29) is 11.3 Å². The van der Waals surface area contributed by atoms with Gasteiger partial charge < -0.3 is 9.80 Å². The highest BCUT2D eigenvalue weighted by Gasteiger charge is 2.53. The number of nitrogens with zero attached hydrogens (tertiary/aromatic N) is 4. The zero-order valence-electron chi connectivity index (χ0n) is 19.3. The van der Waals surface area contributed by atoms with E-state index in [1.54, 1.807) is 8.61 Å². The summed E-state index contributed by atoms with van der Waals surface area (Å²) in [7, 11) is -1.43. The summed E-state index contributed by atoms with van der Waals surface area (Å²) in [6, 6.07) is 8.51. The fraction of sp³-hybridized carbons (Fsp3) is 0.696. The maximum atomic E-state index is 13.4. The average Bonchev–Trinajstić information content (AvgIpc) is 3.55. The number of carbonyl (C=O) groups excluding carboxylic acids is 1. The first-order valence-electron chi connectivity index (χ1n) is 11.4. The summed E-state index contributed by atoms with van der Waals surface area (Å²) in [4.78, 5) is 17.4. The highest BCUT2D eigenvalue weighted by molar-refractivity contribution is 7.86. The number of carbonyl (C=O) groups is 1. The number of piperazine rings is 2. The molecule has 2 aliphatic heterocycles. The molecule has 0 bridgehead atoms. The Hall–Kier alpha value is -1.48. The molecule has 1 aliphatic carbocycles. The summed E-state index contributed by atoms with van der Waals surface area (Å²) >= 11 is 0. The second-order valence-electron chi connectivity index (χ2n) is 10.3. The number of likely N-dealkylation sites (N-methyl/N-ethyl adjacent to an activating group) is 1. The number of benzene rings is 1. The van der Waals surface area contributed by atoms with Gasteiger partial charge in [-0.2, -0.15) is 17.0 Å². The van der Waals surface area contributed by atoms with Gasteiger partial charge in [0.15, 0.2) is 0 Å². The van der Waals surface area contributed by atoms with E-state index in [1.807, 2.05) is 11.9 Å². The molecule has 1 amide bonds. The van der Waals surface area contributed by atoms with Crippen molar-refractivity contribution in [1.82, 2.24) is 18.4 Å². The molecule has 1 aromatic rings. The molecular weight excluding hydrogens is 412 g/mol. The Labute approximate surface area is 187 Å². The van der Waals surface area contributed by atoms with Gasteiger partial charge in [0.1, 0.15) is 0 Å². The van der Waals surface area contributed by atoms with Crippen molar-refractivity contribution in [3.8, 4) is 0 Å². The van der Waals surface area contributed by atoms with Crippen LogP contribution in [0.4, 0.5) is 0 Å². The van der Waals surface area contributed by atoms with Gasteiger partial charge >= 0.3 is 0 Å². The first-order chi connectivity index (χ1) is 14.5. The number of amides is 1. The molecule has 3 fully saturated rings. The van der Waals surface area contributed by atoms with Crippen molar-refractivity contribution in [1.29, 1.82) is 0 Å².